The van der Waals surface area contributed by atoms with Crippen LogP contribution in [-0.2, 0) is 12.8 Å². The van der Waals surface area contributed by atoms with Crippen molar-refractivity contribution < 1.29 is 9.13 Å². The molecule has 3 aromatic carbocycles. The normalized spacial score (nSPS) is 15.8. The molecule has 0 fully saturated rings. The zero-order chi connectivity index (χ0) is 23.9. The van der Waals surface area contributed by atoms with Gasteiger partial charge in [-0.3, -0.25) is 0 Å². The quantitative estimate of drug-likeness (QED) is 0.299. The topological polar surface area (TPSA) is 9.23 Å². The average molecular weight is 477 g/mol. The molecule has 0 aromatic heterocycles. The molecule has 0 radical (unpaired) electrons. The van der Waals surface area contributed by atoms with Gasteiger partial charge in [0.05, 0.1) is 6.61 Å². The lowest BCUT2D eigenvalue weighted by Gasteiger charge is -2.21. The third-order valence-corrected chi connectivity index (χ3v) is 7.21. The van der Waals surface area contributed by atoms with Crippen LogP contribution in [0, 0.1) is 11.7 Å². The van der Waals surface area contributed by atoms with Crippen LogP contribution in [-0.4, -0.2) is 6.61 Å². The maximum atomic E-state index is 14.7. The highest BCUT2D eigenvalue weighted by Gasteiger charge is 2.15. The van der Waals surface area contributed by atoms with Crippen molar-refractivity contribution >= 4 is 17.2 Å². The lowest BCUT2D eigenvalue weighted by atomic mass is 9.84. The van der Waals surface area contributed by atoms with E-state index in [1.807, 2.05) is 19.1 Å². The van der Waals surface area contributed by atoms with Gasteiger partial charge in [-0.2, -0.15) is 0 Å². The molecule has 0 amide bonds. The molecule has 178 valence electrons. The molecular weight excluding hydrogens is 443 g/mol. The van der Waals surface area contributed by atoms with E-state index in [2.05, 4.69) is 49.4 Å². The van der Waals surface area contributed by atoms with Crippen molar-refractivity contribution in [3.05, 3.63) is 94.3 Å². The zero-order valence-corrected chi connectivity index (χ0v) is 21.0. The molecule has 3 heteroatoms. The minimum Gasteiger partial charge on any atom is -0.492 e. The molecule has 3 aromatic rings. The van der Waals surface area contributed by atoms with E-state index in [4.69, 9.17) is 16.3 Å². The fraction of sp³-hybridized carbons (Fsp3) is 0.355. The molecule has 1 atom stereocenters. The van der Waals surface area contributed by atoms with Gasteiger partial charge in [0, 0.05) is 5.56 Å². The summed E-state index contributed by atoms with van der Waals surface area (Å²) in [5.74, 6) is 0.824. The van der Waals surface area contributed by atoms with E-state index >= 15 is 0 Å². The lowest BCUT2D eigenvalue weighted by molar-refractivity contribution is 0.338. The van der Waals surface area contributed by atoms with Crippen LogP contribution in [0.5, 0.6) is 5.75 Å². The second-order valence-corrected chi connectivity index (χ2v) is 9.60. The summed E-state index contributed by atoms with van der Waals surface area (Å²) in [5, 5.41) is 0.0386. The van der Waals surface area contributed by atoms with E-state index in [1.54, 1.807) is 12.1 Å². The summed E-state index contributed by atoms with van der Waals surface area (Å²) < 4.78 is 20.1. The molecule has 0 saturated carbocycles. The fourth-order valence-corrected chi connectivity index (χ4v) is 5.09. The van der Waals surface area contributed by atoms with Gasteiger partial charge in [-0.05, 0) is 84.9 Å². The second-order valence-electron chi connectivity index (χ2n) is 9.22. The summed E-state index contributed by atoms with van der Waals surface area (Å²) in [5.41, 5.74) is 6.78. The predicted molar refractivity (Wildman–Crippen MR) is 142 cm³/mol. The van der Waals surface area contributed by atoms with Crippen LogP contribution in [0.2, 0.25) is 5.02 Å². The number of allylic oxidation sites excluding steroid dienone is 2. The molecule has 1 nitrogen and oxygen atoms in total. The molecule has 0 bridgehead atoms. The van der Waals surface area contributed by atoms with Crippen molar-refractivity contribution in [2.24, 2.45) is 5.92 Å². The first-order valence-electron chi connectivity index (χ1n) is 12.6. The van der Waals surface area contributed by atoms with E-state index in [0.717, 1.165) is 24.3 Å². The third-order valence-electron chi connectivity index (χ3n) is 6.86. The molecular formula is C31H34ClFO. The summed E-state index contributed by atoms with van der Waals surface area (Å²) in [4.78, 5) is 0. The lowest BCUT2D eigenvalue weighted by Crippen LogP contribution is -2.05. The molecule has 34 heavy (non-hydrogen) atoms. The van der Waals surface area contributed by atoms with Crippen molar-refractivity contribution in [3.63, 3.8) is 0 Å². The molecule has 0 N–H and O–H groups in total. The Kier molecular flexibility index (Phi) is 8.45. The first-order valence-corrected chi connectivity index (χ1v) is 12.9. The van der Waals surface area contributed by atoms with Crippen LogP contribution in [0.4, 0.5) is 4.39 Å². The number of hydrogen-bond acceptors (Lipinski definition) is 1. The minimum absolute atomic E-state index is 0.0386. The molecule has 4 rings (SSSR count). The Labute approximate surface area is 208 Å². The molecule has 1 unspecified atom stereocenters. The Bertz CT molecular complexity index is 1120. The van der Waals surface area contributed by atoms with Crippen molar-refractivity contribution in [2.45, 2.75) is 58.8 Å². The van der Waals surface area contributed by atoms with Gasteiger partial charge in [-0.1, -0.05) is 86.0 Å². The van der Waals surface area contributed by atoms with Crippen molar-refractivity contribution in [1.82, 2.24) is 0 Å². The van der Waals surface area contributed by atoms with E-state index in [9.17, 15) is 4.39 Å². The van der Waals surface area contributed by atoms with Crippen LogP contribution in [0.1, 0.15) is 62.6 Å². The zero-order valence-electron chi connectivity index (χ0n) is 20.2. The van der Waals surface area contributed by atoms with Crippen LogP contribution >= 0.6 is 11.6 Å². The van der Waals surface area contributed by atoms with E-state index in [0.29, 0.717) is 17.9 Å². The predicted octanol–water partition coefficient (Wildman–Crippen LogP) is 9.31. The van der Waals surface area contributed by atoms with Crippen molar-refractivity contribution in [2.75, 3.05) is 6.61 Å². The Hall–Kier alpha value is -2.58. The highest BCUT2D eigenvalue weighted by Crippen LogP contribution is 2.35. The van der Waals surface area contributed by atoms with Crippen molar-refractivity contribution in [3.8, 4) is 16.9 Å². The van der Waals surface area contributed by atoms with Crippen LogP contribution in [0.15, 0.2) is 66.7 Å². The number of hydrogen-bond donors (Lipinski definition) is 0. The van der Waals surface area contributed by atoms with E-state index < -0.39 is 5.82 Å². The summed E-state index contributed by atoms with van der Waals surface area (Å²) in [6, 6.07) is 20.6. The maximum Gasteiger partial charge on any atom is 0.153 e. The Balaban J connectivity index is 1.35. The van der Waals surface area contributed by atoms with Crippen LogP contribution in [0.25, 0.3) is 16.7 Å². The summed E-state index contributed by atoms with van der Waals surface area (Å²) >= 11 is 6.15. The number of rotatable bonds is 9. The van der Waals surface area contributed by atoms with E-state index in [1.165, 1.54) is 54.4 Å². The first-order chi connectivity index (χ1) is 16.6. The largest absolute Gasteiger partial charge is 0.492 e. The van der Waals surface area contributed by atoms with Gasteiger partial charge in [0.2, 0.25) is 0 Å². The number of aryl methyl sites for hydroxylation is 2. The highest BCUT2D eigenvalue weighted by atomic mass is 35.5. The number of benzene rings is 3. The Morgan fingerprint density at radius 3 is 2.09 bits per heavy atom. The smallest absolute Gasteiger partial charge is 0.153 e. The first kappa shape index (κ1) is 24.5. The second kappa shape index (κ2) is 11.7. The number of halogens is 2. The average Bonchev–Trinajstić information content (AvgIpc) is 2.87. The molecule has 1 aliphatic carbocycles. The van der Waals surface area contributed by atoms with Crippen LogP contribution in [0.3, 0.4) is 0 Å². The third kappa shape index (κ3) is 5.91. The van der Waals surface area contributed by atoms with Gasteiger partial charge < -0.3 is 4.74 Å². The standard InChI is InChI=1S/C31H34ClFO/c1-3-5-22-8-14-25(15-9-22)26-16-10-23(11-17-26)6-7-24-12-18-27(19-13-24)28-20-21-29(34-4-2)30(32)31(28)33/h10-14,16-22H,3-9,15H2,1-2H3. The molecule has 0 aliphatic heterocycles. The maximum absolute atomic E-state index is 14.7. The Morgan fingerprint density at radius 2 is 1.53 bits per heavy atom. The minimum atomic E-state index is -0.436. The van der Waals surface area contributed by atoms with Gasteiger partial charge in [-0.25, -0.2) is 4.39 Å². The summed E-state index contributed by atoms with van der Waals surface area (Å²) in [6.07, 6.45) is 10.8. The van der Waals surface area contributed by atoms with Gasteiger partial charge in [-0.15, -0.1) is 0 Å². The molecule has 0 spiro atoms. The number of ether oxygens (including phenoxy) is 1. The van der Waals surface area contributed by atoms with E-state index in [-0.39, 0.29) is 5.02 Å². The molecule has 0 heterocycles. The summed E-state index contributed by atoms with van der Waals surface area (Å²) in [6.45, 7) is 4.59. The highest BCUT2D eigenvalue weighted by molar-refractivity contribution is 6.32. The van der Waals surface area contributed by atoms with Crippen molar-refractivity contribution in [1.29, 1.82) is 0 Å². The summed E-state index contributed by atoms with van der Waals surface area (Å²) in [7, 11) is 0. The monoisotopic (exact) mass is 476 g/mol. The molecule has 1 aliphatic rings. The fourth-order valence-electron chi connectivity index (χ4n) is 4.87. The van der Waals surface area contributed by atoms with Gasteiger partial charge in [0.25, 0.3) is 0 Å². The van der Waals surface area contributed by atoms with Crippen LogP contribution < -0.4 is 4.74 Å². The van der Waals surface area contributed by atoms with Gasteiger partial charge in [0.15, 0.2) is 5.82 Å². The Morgan fingerprint density at radius 1 is 0.882 bits per heavy atom. The SMILES string of the molecule is CCCC1CC=C(c2ccc(CCc3ccc(-c4ccc(OCC)c(Cl)c4F)cc3)cc2)CC1. The van der Waals surface area contributed by atoms with Gasteiger partial charge >= 0.3 is 0 Å². The molecule has 0 saturated heterocycles. The van der Waals surface area contributed by atoms with Gasteiger partial charge in [0.1, 0.15) is 10.8 Å².